The summed E-state index contributed by atoms with van der Waals surface area (Å²) in [6.07, 6.45) is 8.23. The molecule has 2 aromatic heterocycles. The van der Waals surface area contributed by atoms with E-state index in [0.717, 1.165) is 60.4 Å². The van der Waals surface area contributed by atoms with E-state index in [-0.39, 0.29) is 0 Å². The van der Waals surface area contributed by atoms with Crippen LogP contribution in [0.2, 0.25) is 0 Å². The lowest BCUT2D eigenvalue weighted by atomic mass is 9.96. The van der Waals surface area contributed by atoms with Gasteiger partial charge >= 0.3 is 0 Å². The largest absolute Gasteiger partial charge is 0.454 e. The minimum absolute atomic E-state index is 0.371. The first kappa shape index (κ1) is 20.9. The van der Waals surface area contributed by atoms with Gasteiger partial charge in [-0.25, -0.2) is 4.98 Å². The minimum Gasteiger partial charge on any atom is -0.454 e. The first-order chi connectivity index (χ1) is 16.8. The molecule has 0 radical (unpaired) electrons. The third-order valence-electron chi connectivity index (χ3n) is 6.46. The molecule has 1 aliphatic heterocycles. The molecular weight excluding hydrogens is 424 g/mol. The van der Waals surface area contributed by atoms with Crippen LogP contribution in [-0.4, -0.2) is 28.0 Å². The topological polar surface area (TPSA) is 52.4 Å². The maximum atomic E-state index is 6.49. The number of nitrogens with zero attached hydrogens (tertiary/aromatic N) is 4. The molecule has 0 amide bonds. The zero-order chi connectivity index (χ0) is 22.7. The molecule has 6 nitrogen and oxygen atoms in total. The Labute approximate surface area is 199 Å². The van der Waals surface area contributed by atoms with Crippen molar-refractivity contribution in [3.63, 3.8) is 0 Å². The monoisotopic (exact) mass is 452 g/mol. The molecule has 1 aliphatic carbocycles. The van der Waals surface area contributed by atoms with E-state index in [9.17, 15) is 0 Å². The number of para-hydroxylation sites is 2. The van der Waals surface area contributed by atoms with E-state index in [2.05, 4.69) is 40.0 Å². The Bertz CT molecular complexity index is 1190. The standard InChI is InChI=1S/C28H28N4O2/c1-3-7-23(8-4-1)32(24-9-5-2-6-10-24)27-19-25(13-16-29-27)34-26-20-31(22-11-12-22)30-28(26)21-14-17-33-18-15-21/h1-10,13,16,19-22H,11-12,14-15,17-18H2. The molecule has 3 heterocycles. The number of aromatic nitrogens is 3. The average molecular weight is 453 g/mol. The van der Waals surface area contributed by atoms with E-state index >= 15 is 0 Å². The SMILES string of the molecule is c1ccc(N(c2ccccc2)c2cc(Oc3cn(C4CC4)nc3C3CCOCC3)ccn2)cc1. The lowest BCUT2D eigenvalue weighted by Crippen LogP contribution is -2.15. The molecule has 0 atom stereocenters. The summed E-state index contributed by atoms with van der Waals surface area (Å²) >= 11 is 0. The van der Waals surface area contributed by atoms with Crippen LogP contribution in [0.4, 0.5) is 17.2 Å². The zero-order valence-corrected chi connectivity index (χ0v) is 19.1. The summed E-state index contributed by atoms with van der Waals surface area (Å²) in [5.74, 6) is 2.78. The van der Waals surface area contributed by atoms with Gasteiger partial charge in [0, 0.05) is 42.8 Å². The number of ether oxygens (including phenoxy) is 2. The second kappa shape index (κ2) is 9.31. The second-order valence-corrected chi connectivity index (χ2v) is 8.93. The van der Waals surface area contributed by atoms with Gasteiger partial charge in [0.15, 0.2) is 5.75 Å². The Balaban J connectivity index is 1.34. The van der Waals surface area contributed by atoms with Crippen molar-refractivity contribution in [2.24, 2.45) is 0 Å². The molecule has 0 N–H and O–H groups in total. The molecule has 2 aromatic carbocycles. The van der Waals surface area contributed by atoms with Gasteiger partial charge in [-0.1, -0.05) is 36.4 Å². The van der Waals surface area contributed by atoms with Crippen molar-refractivity contribution in [2.45, 2.75) is 37.6 Å². The molecule has 6 rings (SSSR count). The smallest absolute Gasteiger partial charge is 0.168 e. The molecule has 2 fully saturated rings. The van der Waals surface area contributed by atoms with Crippen molar-refractivity contribution in [2.75, 3.05) is 18.1 Å². The van der Waals surface area contributed by atoms with Gasteiger partial charge in [-0.3, -0.25) is 9.58 Å². The van der Waals surface area contributed by atoms with Crippen molar-refractivity contribution in [1.29, 1.82) is 0 Å². The maximum absolute atomic E-state index is 6.49. The van der Waals surface area contributed by atoms with Crippen molar-refractivity contribution in [3.05, 3.63) is 90.9 Å². The number of hydrogen-bond donors (Lipinski definition) is 0. The summed E-state index contributed by atoms with van der Waals surface area (Å²) in [4.78, 5) is 6.84. The van der Waals surface area contributed by atoms with Gasteiger partial charge in [0.1, 0.15) is 17.3 Å². The van der Waals surface area contributed by atoms with E-state index in [1.54, 1.807) is 0 Å². The van der Waals surface area contributed by atoms with E-state index in [1.807, 2.05) is 54.7 Å². The highest BCUT2D eigenvalue weighted by molar-refractivity contribution is 5.74. The van der Waals surface area contributed by atoms with Crippen molar-refractivity contribution in [1.82, 2.24) is 14.8 Å². The Morgan fingerprint density at radius 3 is 2.18 bits per heavy atom. The maximum Gasteiger partial charge on any atom is 0.168 e. The van der Waals surface area contributed by atoms with Gasteiger partial charge < -0.3 is 9.47 Å². The van der Waals surface area contributed by atoms with Gasteiger partial charge in [-0.05, 0) is 56.0 Å². The Morgan fingerprint density at radius 1 is 0.853 bits per heavy atom. The molecule has 1 saturated carbocycles. The lowest BCUT2D eigenvalue weighted by molar-refractivity contribution is 0.0839. The number of anilines is 3. The first-order valence-electron chi connectivity index (χ1n) is 12.1. The zero-order valence-electron chi connectivity index (χ0n) is 19.1. The first-order valence-corrected chi connectivity index (χ1v) is 12.1. The quantitative estimate of drug-likeness (QED) is 0.310. The summed E-state index contributed by atoms with van der Waals surface area (Å²) in [6.45, 7) is 1.56. The van der Waals surface area contributed by atoms with E-state index in [1.165, 1.54) is 12.8 Å². The van der Waals surface area contributed by atoms with Gasteiger partial charge in [0.25, 0.3) is 0 Å². The van der Waals surface area contributed by atoms with Gasteiger partial charge in [0.2, 0.25) is 0 Å². The Kier molecular flexibility index (Phi) is 5.73. The summed E-state index contributed by atoms with van der Waals surface area (Å²) in [5.41, 5.74) is 3.14. The molecule has 34 heavy (non-hydrogen) atoms. The third kappa shape index (κ3) is 4.41. The van der Waals surface area contributed by atoms with Crippen LogP contribution in [0, 0.1) is 0 Å². The fraction of sp³-hybridized carbons (Fsp3) is 0.286. The molecule has 1 saturated heterocycles. The Morgan fingerprint density at radius 2 is 1.53 bits per heavy atom. The molecule has 0 unspecified atom stereocenters. The van der Waals surface area contributed by atoms with Crippen LogP contribution in [0.25, 0.3) is 0 Å². The highest BCUT2D eigenvalue weighted by atomic mass is 16.5. The number of benzene rings is 2. The highest BCUT2D eigenvalue weighted by Gasteiger charge is 2.30. The molecule has 0 spiro atoms. The van der Waals surface area contributed by atoms with Crippen LogP contribution >= 0.6 is 0 Å². The minimum atomic E-state index is 0.371. The van der Waals surface area contributed by atoms with Gasteiger partial charge in [-0.15, -0.1) is 0 Å². The third-order valence-corrected chi connectivity index (χ3v) is 6.46. The van der Waals surface area contributed by atoms with Crippen LogP contribution in [0.5, 0.6) is 11.5 Å². The van der Waals surface area contributed by atoms with Crippen molar-refractivity contribution >= 4 is 17.2 Å². The summed E-state index contributed by atoms with van der Waals surface area (Å²) < 4.78 is 14.2. The number of hydrogen-bond acceptors (Lipinski definition) is 5. The highest BCUT2D eigenvalue weighted by Crippen LogP contribution is 2.41. The van der Waals surface area contributed by atoms with Crippen LogP contribution in [0.1, 0.15) is 43.3 Å². The normalized spacial score (nSPS) is 16.4. The summed E-state index contributed by atoms with van der Waals surface area (Å²) in [7, 11) is 0. The van der Waals surface area contributed by atoms with E-state index in [0.29, 0.717) is 12.0 Å². The van der Waals surface area contributed by atoms with Gasteiger partial charge in [0.05, 0.1) is 12.2 Å². The van der Waals surface area contributed by atoms with Crippen molar-refractivity contribution in [3.8, 4) is 11.5 Å². The number of pyridine rings is 1. The molecule has 0 bridgehead atoms. The van der Waals surface area contributed by atoms with Crippen LogP contribution in [0.15, 0.2) is 85.2 Å². The molecule has 4 aromatic rings. The predicted octanol–water partition coefficient (Wildman–Crippen LogP) is 6.77. The van der Waals surface area contributed by atoms with Crippen LogP contribution in [-0.2, 0) is 4.74 Å². The molecule has 172 valence electrons. The molecule has 6 heteroatoms. The van der Waals surface area contributed by atoms with E-state index in [4.69, 9.17) is 19.6 Å². The second-order valence-electron chi connectivity index (χ2n) is 8.93. The fourth-order valence-electron chi connectivity index (χ4n) is 4.53. The van der Waals surface area contributed by atoms with Gasteiger partial charge in [-0.2, -0.15) is 5.10 Å². The summed E-state index contributed by atoms with van der Waals surface area (Å²) in [6, 6.07) is 25.0. The fourth-order valence-corrected chi connectivity index (χ4v) is 4.53. The predicted molar refractivity (Wildman–Crippen MR) is 132 cm³/mol. The summed E-state index contributed by atoms with van der Waals surface area (Å²) in [5, 5.41) is 4.95. The van der Waals surface area contributed by atoms with Crippen LogP contribution in [0.3, 0.4) is 0 Å². The number of rotatable bonds is 7. The molecule has 2 aliphatic rings. The molecular formula is C28H28N4O2. The van der Waals surface area contributed by atoms with Crippen molar-refractivity contribution < 1.29 is 9.47 Å². The Hall–Kier alpha value is -3.64. The average Bonchev–Trinajstić information content (AvgIpc) is 3.67. The van der Waals surface area contributed by atoms with E-state index < -0.39 is 0 Å². The lowest BCUT2D eigenvalue weighted by Gasteiger charge is -2.24. The van der Waals surface area contributed by atoms with Crippen LogP contribution < -0.4 is 9.64 Å².